The molecular weight excluding hydrogens is 285 g/mol. The summed E-state index contributed by atoms with van der Waals surface area (Å²) in [5, 5.41) is 0.546. The van der Waals surface area contributed by atoms with Gasteiger partial charge in [0.05, 0.1) is 5.57 Å². The van der Waals surface area contributed by atoms with E-state index in [0.717, 1.165) is 0 Å². The first-order valence-electron chi connectivity index (χ1n) is 5.93. The van der Waals surface area contributed by atoms with Crippen molar-refractivity contribution in [3.8, 4) is 0 Å². The molecule has 0 saturated carbocycles. The van der Waals surface area contributed by atoms with Crippen molar-refractivity contribution in [1.29, 1.82) is 0 Å². The molecule has 0 atom stereocenters. The highest BCUT2D eigenvalue weighted by atomic mass is 35.5. The van der Waals surface area contributed by atoms with Gasteiger partial charge in [0.2, 0.25) is 0 Å². The highest BCUT2D eigenvalue weighted by molar-refractivity contribution is 6.55. The summed E-state index contributed by atoms with van der Waals surface area (Å²) in [6, 6.07) is 6.70. The normalized spacial score (nSPS) is 15.9. The smallest absolute Gasteiger partial charge is 0.273 e. The molecule has 1 aliphatic heterocycles. The number of hydrogen-bond donors (Lipinski definition) is 0. The zero-order valence-electron chi connectivity index (χ0n) is 10.6. The van der Waals surface area contributed by atoms with Crippen molar-refractivity contribution in [2.75, 3.05) is 6.54 Å². The summed E-state index contributed by atoms with van der Waals surface area (Å²) in [6.07, 6.45) is 0. The third-order valence-corrected chi connectivity index (χ3v) is 3.39. The average Bonchev–Trinajstić information content (AvgIpc) is 2.55. The van der Waals surface area contributed by atoms with Crippen LogP contribution in [0.25, 0.3) is 5.57 Å². The molecule has 1 aliphatic rings. The van der Waals surface area contributed by atoms with Crippen molar-refractivity contribution in [3.05, 3.63) is 39.9 Å². The van der Waals surface area contributed by atoms with Gasteiger partial charge in [0.15, 0.2) is 0 Å². The Bertz CT molecular complexity index is 561. The number of carbonyl (C=O) groups excluding carboxylic acids is 2. The monoisotopic (exact) mass is 297 g/mol. The first-order chi connectivity index (χ1) is 8.91. The van der Waals surface area contributed by atoms with Gasteiger partial charge in [-0.05, 0) is 23.6 Å². The zero-order valence-corrected chi connectivity index (χ0v) is 12.1. The Morgan fingerprint density at radius 3 is 2.16 bits per heavy atom. The van der Waals surface area contributed by atoms with Gasteiger partial charge in [0, 0.05) is 11.6 Å². The first kappa shape index (κ1) is 14.1. The van der Waals surface area contributed by atoms with E-state index in [0.29, 0.717) is 17.1 Å². The van der Waals surface area contributed by atoms with Crippen molar-refractivity contribution in [2.24, 2.45) is 5.92 Å². The molecule has 0 spiro atoms. The van der Waals surface area contributed by atoms with Crippen LogP contribution in [0.3, 0.4) is 0 Å². The fourth-order valence-corrected chi connectivity index (χ4v) is 2.36. The van der Waals surface area contributed by atoms with Crippen molar-refractivity contribution < 1.29 is 9.59 Å². The number of imide groups is 1. The third kappa shape index (κ3) is 2.67. The SMILES string of the molecule is CC(C)CN1C(=O)C(Cl)=C(c2ccc(Cl)cc2)C1=O. The van der Waals surface area contributed by atoms with Crippen LogP contribution in [0.1, 0.15) is 19.4 Å². The molecule has 5 heteroatoms. The number of carbonyl (C=O) groups is 2. The van der Waals surface area contributed by atoms with Crippen LogP contribution in [0.15, 0.2) is 29.3 Å². The fraction of sp³-hybridized carbons (Fsp3) is 0.286. The first-order valence-corrected chi connectivity index (χ1v) is 6.69. The quantitative estimate of drug-likeness (QED) is 0.803. The van der Waals surface area contributed by atoms with E-state index in [1.54, 1.807) is 24.3 Å². The fourth-order valence-electron chi connectivity index (χ4n) is 1.94. The lowest BCUT2D eigenvalue weighted by atomic mass is 10.1. The molecule has 1 heterocycles. The van der Waals surface area contributed by atoms with E-state index in [9.17, 15) is 9.59 Å². The Morgan fingerprint density at radius 1 is 1.05 bits per heavy atom. The molecule has 0 saturated heterocycles. The van der Waals surface area contributed by atoms with Crippen LogP contribution in [0.5, 0.6) is 0 Å². The molecule has 0 radical (unpaired) electrons. The molecule has 0 bridgehead atoms. The van der Waals surface area contributed by atoms with Gasteiger partial charge in [-0.2, -0.15) is 0 Å². The Labute approximate surface area is 121 Å². The second-order valence-electron chi connectivity index (χ2n) is 4.81. The second-order valence-corrected chi connectivity index (χ2v) is 5.63. The van der Waals surface area contributed by atoms with E-state index in [4.69, 9.17) is 23.2 Å². The van der Waals surface area contributed by atoms with Gasteiger partial charge in [-0.3, -0.25) is 14.5 Å². The van der Waals surface area contributed by atoms with Crippen LogP contribution in [0, 0.1) is 5.92 Å². The molecule has 0 aliphatic carbocycles. The maximum Gasteiger partial charge on any atom is 0.273 e. The Balaban J connectivity index is 2.38. The minimum Gasteiger partial charge on any atom is -0.273 e. The van der Waals surface area contributed by atoms with Gasteiger partial charge < -0.3 is 0 Å². The van der Waals surface area contributed by atoms with E-state index in [1.165, 1.54) is 4.90 Å². The minimum atomic E-state index is -0.426. The van der Waals surface area contributed by atoms with Crippen molar-refractivity contribution >= 4 is 40.6 Å². The zero-order chi connectivity index (χ0) is 14.2. The molecular formula is C14H13Cl2NO2. The number of hydrogen-bond acceptors (Lipinski definition) is 2. The molecule has 1 aromatic carbocycles. The van der Waals surface area contributed by atoms with Crippen molar-refractivity contribution in [2.45, 2.75) is 13.8 Å². The van der Waals surface area contributed by atoms with Crippen LogP contribution < -0.4 is 0 Å². The number of amides is 2. The van der Waals surface area contributed by atoms with E-state index in [-0.39, 0.29) is 22.4 Å². The topological polar surface area (TPSA) is 37.4 Å². The predicted molar refractivity (Wildman–Crippen MR) is 75.8 cm³/mol. The predicted octanol–water partition coefficient (Wildman–Crippen LogP) is 3.31. The maximum absolute atomic E-state index is 12.3. The molecule has 0 unspecified atom stereocenters. The summed E-state index contributed by atoms with van der Waals surface area (Å²) in [5.41, 5.74) is 0.864. The highest BCUT2D eigenvalue weighted by Crippen LogP contribution is 2.32. The molecule has 2 rings (SSSR count). The summed E-state index contributed by atoms with van der Waals surface area (Å²) in [7, 11) is 0. The molecule has 3 nitrogen and oxygen atoms in total. The molecule has 2 amide bonds. The third-order valence-electron chi connectivity index (χ3n) is 2.79. The van der Waals surface area contributed by atoms with Gasteiger partial charge in [0.1, 0.15) is 5.03 Å². The largest absolute Gasteiger partial charge is 0.273 e. The van der Waals surface area contributed by atoms with Crippen LogP contribution in [-0.4, -0.2) is 23.3 Å². The molecule has 0 aromatic heterocycles. The molecule has 0 N–H and O–H groups in total. The van der Waals surface area contributed by atoms with Gasteiger partial charge >= 0.3 is 0 Å². The van der Waals surface area contributed by atoms with Crippen molar-refractivity contribution in [1.82, 2.24) is 4.90 Å². The number of rotatable bonds is 3. The Kier molecular flexibility index (Phi) is 3.97. The lowest BCUT2D eigenvalue weighted by Gasteiger charge is -2.16. The van der Waals surface area contributed by atoms with Gasteiger partial charge in [-0.1, -0.05) is 49.2 Å². The number of nitrogens with zero attached hydrogens (tertiary/aromatic N) is 1. The van der Waals surface area contributed by atoms with E-state index in [1.807, 2.05) is 13.8 Å². The second kappa shape index (κ2) is 5.35. The van der Waals surface area contributed by atoms with E-state index < -0.39 is 5.91 Å². The van der Waals surface area contributed by atoms with Gasteiger partial charge in [-0.15, -0.1) is 0 Å². The van der Waals surface area contributed by atoms with Gasteiger partial charge in [-0.25, -0.2) is 0 Å². The molecule has 19 heavy (non-hydrogen) atoms. The summed E-state index contributed by atoms with van der Waals surface area (Å²) in [4.78, 5) is 25.5. The van der Waals surface area contributed by atoms with Crippen LogP contribution in [0.4, 0.5) is 0 Å². The summed E-state index contributed by atoms with van der Waals surface area (Å²) in [5.74, 6) is -0.571. The van der Waals surface area contributed by atoms with Crippen LogP contribution >= 0.6 is 23.2 Å². The Morgan fingerprint density at radius 2 is 1.63 bits per heavy atom. The minimum absolute atomic E-state index is 0.0204. The van der Waals surface area contributed by atoms with Gasteiger partial charge in [0.25, 0.3) is 11.8 Å². The highest BCUT2D eigenvalue weighted by Gasteiger charge is 2.38. The Hall–Kier alpha value is -1.32. The van der Waals surface area contributed by atoms with Crippen molar-refractivity contribution in [3.63, 3.8) is 0 Å². The van der Waals surface area contributed by atoms with E-state index >= 15 is 0 Å². The lowest BCUT2D eigenvalue weighted by molar-refractivity contribution is -0.137. The average molecular weight is 298 g/mol. The summed E-state index contributed by atoms with van der Waals surface area (Å²) >= 11 is 11.8. The number of benzene rings is 1. The summed E-state index contributed by atoms with van der Waals surface area (Å²) < 4.78 is 0. The lowest BCUT2D eigenvalue weighted by Crippen LogP contribution is -2.34. The summed E-state index contributed by atoms with van der Waals surface area (Å²) in [6.45, 7) is 4.24. The molecule has 1 aromatic rings. The van der Waals surface area contributed by atoms with E-state index in [2.05, 4.69) is 0 Å². The molecule has 100 valence electrons. The maximum atomic E-state index is 12.3. The number of halogens is 2. The standard InChI is InChI=1S/C14H13Cl2NO2/c1-8(2)7-17-13(18)11(12(16)14(17)19)9-3-5-10(15)6-4-9/h3-6,8H,7H2,1-2H3. The van der Waals surface area contributed by atoms with Crippen LogP contribution in [-0.2, 0) is 9.59 Å². The van der Waals surface area contributed by atoms with Crippen LogP contribution in [0.2, 0.25) is 5.02 Å². The molecule has 0 fully saturated rings.